The van der Waals surface area contributed by atoms with Crippen LogP contribution in [0, 0.1) is 11.8 Å². The van der Waals surface area contributed by atoms with Gasteiger partial charge in [-0.15, -0.1) is 0 Å². The van der Waals surface area contributed by atoms with E-state index in [4.69, 9.17) is 5.73 Å². The van der Waals surface area contributed by atoms with Crippen molar-refractivity contribution in [2.24, 2.45) is 17.6 Å². The Morgan fingerprint density at radius 3 is 2.48 bits per heavy atom. The minimum atomic E-state index is -3.40. The number of piperidine rings is 1. The molecule has 23 heavy (non-hydrogen) atoms. The molecule has 0 spiro atoms. The van der Waals surface area contributed by atoms with Gasteiger partial charge in [0.2, 0.25) is 15.9 Å². The lowest BCUT2D eigenvalue weighted by Crippen LogP contribution is -2.42. The quantitative estimate of drug-likeness (QED) is 0.802. The van der Waals surface area contributed by atoms with Crippen LogP contribution in [0.15, 0.2) is 35.2 Å². The van der Waals surface area contributed by atoms with Crippen LogP contribution >= 0.6 is 0 Å². The first-order valence-electron chi connectivity index (χ1n) is 7.98. The lowest BCUT2D eigenvalue weighted by atomic mass is 9.98. The number of rotatable bonds is 6. The van der Waals surface area contributed by atoms with Gasteiger partial charge in [-0.1, -0.05) is 25.1 Å². The van der Waals surface area contributed by atoms with Gasteiger partial charge in [-0.2, -0.15) is 4.31 Å². The molecule has 7 heteroatoms. The number of amides is 1. The molecule has 0 saturated carbocycles. The van der Waals surface area contributed by atoms with E-state index in [1.165, 1.54) is 4.31 Å². The van der Waals surface area contributed by atoms with Crippen molar-refractivity contribution in [2.75, 3.05) is 26.2 Å². The van der Waals surface area contributed by atoms with Crippen LogP contribution in [0.4, 0.5) is 0 Å². The molecule has 1 unspecified atom stereocenters. The maximum absolute atomic E-state index is 12.5. The first-order valence-corrected chi connectivity index (χ1v) is 9.42. The van der Waals surface area contributed by atoms with E-state index in [-0.39, 0.29) is 11.8 Å². The molecule has 1 atom stereocenters. The van der Waals surface area contributed by atoms with E-state index in [1.54, 1.807) is 37.3 Å². The predicted molar refractivity (Wildman–Crippen MR) is 89.2 cm³/mol. The van der Waals surface area contributed by atoms with Crippen molar-refractivity contribution in [2.45, 2.75) is 24.7 Å². The molecule has 128 valence electrons. The molecule has 0 radical (unpaired) electrons. The molecule has 1 fully saturated rings. The van der Waals surface area contributed by atoms with Crippen molar-refractivity contribution in [3.63, 3.8) is 0 Å². The van der Waals surface area contributed by atoms with Crippen molar-refractivity contribution in [3.05, 3.63) is 30.3 Å². The second kappa shape index (κ2) is 7.90. The highest BCUT2D eigenvalue weighted by Gasteiger charge is 2.29. The molecule has 1 aromatic carbocycles. The van der Waals surface area contributed by atoms with Crippen LogP contribution in [-0.2, 0) is 14.8 Å². The lowest BCUT2D eigenvalue weighted by molar-refractivity contribution is -0.124. The zero-order valence-corrected chi connectivity index (χ0v) is 14.3. The molecule has 6 nitrogen and oxygen atoms in total. The Balaban J connectivity index is 1.86. The van der Waals surface area contributed by atoms with Crippen molar-refractivity contribution >= 4 is 15.9 Å². The summed E-state index contributed by atoms with van der Waals surface area (Å²) in [6, 6.07) is 8.50. The van der Waals surface area contributed by atoms with Gasteiger partial charge in [-0.25, -0.2) is 8.42 Å². The summed E-state index contributed by atoms with van der Waals surface area (Å²) in [6.07, 6.45) is 1.51. The van der Waals surface area contributed by atoms with Gasteiger partial charge in [0, 0.05) is 32.1 Å². The Hall–Kier alpha value is -1.44. The summed E-state index contributed by atoms with van der Waals surface area (Å²) in [4.78, 5) is 12.1. The van der Waals surface area contributed by atoms with E-state index in [0.29, 0.717) is 37.0 Å². The zero-order chi connectivity index (χ0) is 16.9. The largest absolute Gasteiger partial charge is 0.356 e. The van der Waals surface area contributed by atoms with Crippen LogP contribution in [0.2, 0.25) is 0 Å². The monoisotopic (exact) mass is 339 g/mol. The fraction of sp³-hybridized carbons (Fsp3) is 0.562. The van der Waals surface area contributed by atoms with Crippen LogP contribution in [-0.4, -0.2) is 44.8 Å². The number of nitrogens with one attached hydrogen (secondary N) is 1. The SMILES string of the molecule is CC(CN)C(=O)NCC1CCN(S(=O)(=O)c2ccccc2)CC1. The molecule has 1 heterocycles. The van der Waals surface area contributed by atoms with E-state index in [0.717, 1.165) is 12.8 Å². The average Bonchev–Trinajstić information content (AvgIpc) is 2.60. The summed E-state index contributed by atoms with van der Waals surface area (Å²) in [6.45, 7) is 3.70. The van der Waals surface area contributed by atoms with Crippen molar-refractivity contribution in [3.8, 4) is 0 Å². The molecular formula is C16H25N3O3S. The number of carbonyl (C=O) groups is 1. The summed E-state index contributed by atoms with van der Waals surface area (Å²) in [7, 11) is -3.40. The van der Waals surface area contributed by atoms with E-state index < -0.39 is 10.0 Å². The normalized spacial score (nSPS) is 18.5. The summed E-state index contributed by atoms with van der Waals surface area (Å²) in [5, 5.41) is 2.90. The molecule has 1 aliphatic rings. The topological polar surface area (TPSA) is 92.5 Å². The summed E-state index contributed by atoms with van der Waals surface area (Å²) in [5.41, 5.74) is 5.47. The Kier molecular flexibility index (Phi) is 6.15. The Morgan fingerprint density at radius 2 is 1.91 bits per heavy atom. The van der Waals surface area contributed by atoms with Crippen LogP contribution in [0.5, 0.6) is 0 Å². The fourth-order valence-electron chi connectivity index (χ4n) is 2.62. The number of nitrogens with two attached hydrogens (primary N) is 1. The number of nitrogens with zero attached hydrogens (tertiary/aromatic N) is 1. The van der Waals surface area contributed by atoms with Gasteiger partial charge in [-0.3, -0.25) is 4.79 Å². The number of sulfonamides is 1. The Labute approximate surface area is 138 Å². The second-order valence-electron chi connectivity index (χ2n) is 6.04. The molecule has 0 aromatic heterocycles. The van der Waals surface area contributed by atoms with Crippen molar-refractivity contribution < 1.29 is 13.2 Å². The van der Waals surface area contributed by atoms with Crippen LogP contribution in [0.3, 0.4) is 0 Å². The smallest absolute Gasteiger partial charge is 0.243 e. The van der Waals surface area contributed by atoms with E-state index in [2.05, 4.69) is 5.32 Å². The summed E-state index contributed by atoms with van der Waals surface area (Å²) >= 11 is 0. The predicted octanol–water partition coefficient (Wildman–Crippen LogP) is 0.798. The van der Waals surface area contributed by atoms with Gasteiger partial charge < -0.3 is 11.1 Å². The third-order valence-corrected chi connectivity index (χ3v) is 6.23. The number of hydrogen-bond acceptors (Lipinski definition) is 4. The molecule has 1 saturated heterocycles. The van der Waals surface area contributed by atoms with Gasteiger partial charge in [0.05, 0.1) is 4.90 Å². The van der Waals surface area contributed by atoms with E-state index >= 15 is 0 Å². The third kappa shape index (κ3) is 4.53. The number of hydrogen-bond donors (Lipinski definition) is 2. The molecule has 0 aliphatic carbocycles. The van der Waals surface area contributed by atoms with Crippen molar-refractivity contribution in [1.29, 1.82) is 0 Å². The third-order valence-electron chi connectivity index (χ3n) is 4.32. The molecule has 1 aromatic rings. The standard InChI is InChI=1S/C16H25N3O3S/c1-13(11-17)16(20)18-12-14-7-9-19(10-8-14)23(21,22)15-5-3-2-4-6-15/h2-6,13-14H,7-12,17H2,1H3,(H,18,20). The second-order valence-corrected chi connectivity index (χ2v) is 7.98. The molecule has 3 N–H and O–H groups in total. The Morgan fingerprint density at radius 1 is 1.30 bits per heavy atom. The van der Waals surface area contributed by atoms with E-state index in [1.807, 2.05) is 0 Å². The lowest BCUT2D eigenvalue weighted by Gasteiger charge is -2.31. The van der Waals surface area contributed by atoms with Gasteiger partial charge in [0.25, 0.3) is 0 Å². The maximum atomic E-state index is 12.5. The number of benzene rings is 1. The molecule has 1 aliphatic heterocycles. The van der Waals surface area contributed by atoms with Crippen LogP contribution < -0.4 is 11.1 Å². The summed E-state index contributed by atoms with van der Waals surface area (Å²) < 4.78 is 26.6. The fourth-order valence-corrected chi connectivity index (χ4v) is 4.11. The zero-order valence-electron chi connectivity index (χ0n) is 13.4. The van der Waals surface area contributed by atoms with Crippen molar-refractivity contribution in [1.82, 2.24) is 9.62 Å². The first kappa shape index (κ1) is 17.9. The van der Waals surface area contributed by atoms with Gasteiger partial charge in [0.15, 0.2) is 0 Å². The highest BCUT2D eigenvalue weighted by molar-refractivity contribution is 7.89. The van der Waals surface area contributed by atoms with E-state index in [9.17, 15) is 13.2 Å². The molecule has 1 amide bonds. The minimum absolute atomic E-state index is 0.0353. The molecule has 0 bridgehead atoms. The van der Waals surface area contributed by atoms with Crippen LogP contribution in [0.25, 0.3) is 0 Å². The Bertz CT molecular complexity index is 611. The maximum Gasteiger partial charge on any atom is 0.243 e. The van der Waals surface area contributed by atoms with Gasteiger partial charge >= 0.3 is 0 Å². The highest BCUT2D eigenvalue weighted by atomic mass is 32.2. The van der Waals surface area contributed by atoms with Gasteiger partial charge in [-0.05, 0) is 30.9 Å². The number of carbonyl (C=O) groups excluding carboxylic acids is 1. The van der Waals surface area contributed by atoms with Crippen LogP contribution in [0.1, 0.15) is 19.8 Å². The first-order chi connectivity index (χ1) is 10.9. The minimum Gasteiger partial charge on any atom is -0.356 e. The average molecular weight is 339 g/mol. The van der Waals surface area contributed by atoms with Gasteiger partial charge in [0.1, 0.15) is 0 Å². The highest BCUT2D eigenvalue weighted by Crippen LogP contribution is 2.23. The summed E-state index contributed by atoms with van der Waals surface area (Å²) in [5.74, 6) is 0.0894. The molecule has 2 rings (SSSR count). The molecular weight excluding hydrogens is 314 g/mol.